The Morgan fingerprint density at radius 1 is 1.18 bits per heavy atom. The van der Waals surface area contributed by atoms with E-state index in [1.54, 1.807) is 12.1 Å². The predicted octanol–water partition coefficient (Wildman–Crippen LogP) is 2.79. The number of nitrogens with one attached hydrogen (secondary N) is 1. The molecule has 1 heterocycles. The maximum absolute atomic E-state index is 13.4. The number of piperazine rings is 1. The Morgan fingerprint density at radius 2 is 1.86 bits per heavy atom. The van der Waals surface area contributed by atoms with E-state index in [-0.39, 0.29) is 28.9 Å². The van der Waals surface area contributed by atoms with Crippen LogP contribution >= 0.6 is 12.4 Å². The van der Waals surface area contributed by atoms with Gasteiger partial charge in [-0.15, -0.1) is 12.4 Å². The molecule has 1 saturated heterocycles. The van der Waals surface area contributed by atoms with Gasteiger partial charge in [-0.1, -0.05) is 43.3 Å². The van der Waals surface area contributed by atoms with Gasteiger partial charge in [0.05, 0.1) is 23.6 Å². The highest BCUT2D eigenvalue weighted by Crippen LogP contribution is 2.30. The highest BCUT2D eigenvalue weighted by atomic mass is 35.5. The number of esters is 1. The summed E-state index contributed by atoms with van der Waals surface area (Å²) in [7, 11) is -2.62. The van der Waals surface area contributed by atoms with Crippen molar-refractivity contribution in [2.24, 2.45) is 0 Å². The maximum Gasteiger partial charge on any atom is 0.339 e. The summed E-state index contributed by atoms with van der Waals surface area (Å²) in [5, 5.41) is 3.27. The van der Waals surface area contributed by atoms with E-state index in [1.807, 2.05) is 24.3 Å². The molecule has 2 aromatic carbocycles. The zero-order valence-electron chi connectivity index (χ0n) is 15.9. The number of hydrogen-bond acceptors (Lipinski definition) is 5. The van der Waals surface area contributed by atoms with Crippen molar-refractivity contribution >= 4 is 28.4 Å². The quantitative estimate of drug-likeness (QED) is 0.747. The zero-order valence-corrected chi connectivity index (χ0v) is 17.6. The molecule has 2 aromatic rings. The van der Waals surface area contributed by atoms with Gasteiger partial charge in [-0.3, -0.25) is 0 Å². The highest BCUT2D eigenvalue weighted by Gasteiger charge is 2.36. The molecule has 1 unspecified atom stereocenters. The van der Waals surface area contributed by atoms with E-state index in [2.05, 4.69) is 12.2 Å². The molecule has 0 spiro atoms. The second kappa shape index (κ2) is 9.52. The molecule has 3 rings (SSSR count). The van der Waals surface area contributed by atoms with Crippen molar-refractivity contribution in [3.05, 3.63) is 65.2 Å². The Morgan fingerprint density at radius 3 is 2.50 bits per heavy atom. The number of rotatable bonds is 5. The van der Waals surface area contributed by atoms with Crippen molar-refractivity contribution in [1.29, 1.82) is 0 Å². The van der Waals surface area contributed by atoms with Gasteiger partial charge in [0, 0.05) is 19.6 Å². The van der Waals surface area contributed by atoms with E-state index in [0.29, 0.717) is 19.6 Å². The molecule has 1 fully saturated rings. The number of carbonyl (C=O) groups is 1. The first-order valence-corrected chi connectivity index (χ1v) is 10.4. The fraction of sp³-hybridized carbons (Fsp3) is 0.350. The standard InChI is InChI=1S/C20H24N2O4S.ClH/c1-3-15-8-10-16(11-9-15)18-14-21-12-13-22(18)27(24,25)19-7-5-4-6-17(19)20(23)26-2;/h4-11,18,21H,3,12-14H2,1-2H3;1H. The van der Waals surface area contributed by atoms with Gasteiger partial charge in [0.15, 0.2) is 0 Å². The van der Waals surface area contributed by atoms with E-state index < -0.39 is 16.0 Å². The summed E-state index contributed by atoms with van der Waals surface area (Å²) < 4.78 is 33.1. The number of aryl methyl sites for hydroxylation is 1. The normalized spacial score (nSPS) is 17.6. The number of ether oxygens (including phenoxy) is 1. The molecule has 0 amide bonds. The molecule has 8 heteroatoms. The number of benzene rings is 2. The number of methoxy groups -OCH3 is 1. The van der Waals surface area contributed by atoms with Crippen molar-refractivity contribution in [3.8, 4) is 0 Å². The van der Waals surface area contributed by atoms with Crippen molar-refractivity contribution in [2.75, 3.05) is 26.7 Å². The van der Waals surface area contributed by atoms with E-state index in [4.69, 9.17) is 4.74 Å². The fourth-order valence-corrected chi connectivity index (χ4v) is 5.12. The molecule has 28 heavy (non-hydrogen) atoms. The third-order valence-corrected chi connectivity index (χ3v) is 6.81. The molecule has 1 aliphatic heterocycles. The predicted molar refractivity (Wildman–Crippen MR) is 110 cm³/mol. The van der Waals surface area contributed by atoms with Crippen LogP contribution in [0.1, 0.15) is 34.5 Å². The number of halogens is 1. The Balaban J connectivity index is 0.00000280. The third kappa shape index (κ3) is 4.38. The van der Waals surface area contributed by atoms with Gasteiger partial charge < -0.3 is 10.1 Å². The van der Waals surface area contributed by atoms with Crippen LogP contribution in [0, 0.1) is 0 Å². The van der Waals surface area contributed by atoms with Crippen LogP contribution in [0.5, 0.6) is 0 Å². The van der Waals surface area contributed by atoms with Gasteiger partial charge in [-0.25, -0.2) is 13.2 Å². The molecule has 1 aliphatic rings. The monoisotopic (exact) mass is 424 g/mol. The molecule has 0 saturated carbocycles. The Bertz CT molecular complexity index is 916. The first-order valence-electron chi connectivity index (χ1n) is 8.97. The maximum atomic E-state index is 13.4. The number of hydrogen-bond donors (Lipinski definition) is 1. The third-order valence-electron chi connectivity index (χ3n) is 4.85. The summed E-state index contributed by atoms with van der Waals surface area (Å²) in [5.41, 5.74) is 2.19. The first kappa shape index (κ1) is 22.4. The van der Waals surface area contributed by atoms with E-state index >= 15 is 0 Å². The zero-order chi connectivity index (χ0) is 19.4. The Labute approximate surface area is 172 Å². The summed E-state index contributed by atoms with van der Waals surface area (Å²) in [6, 6.07) is 13.9. The highest BCUT2D eigenvalue weighted by molar-refractivity contribution is 7.89. The smallest absolute Gasteiger partial charge is 0.339 e. The van der Waals surface area contributed by atoms with Crippen LogP contribution in [-0.4, -0.2) is 45.4 Å². The minimum Gasteiger partial charge on any atom is -0.465 e. The van der Waals surface area contributed by atoms with Crippen LogP contribution < -0.4 is 5.32 Å². The fourth-order valence-electron chi connectivity index (χ4n) is 3.33. The van der Waals surface area contributed by atoms with Gasteiger partial charge in [-0.2, -0.15) is 4.31 Å². The van der Waals surface area contributed by atoms with Crippen LogP contribution in [0.25, 0.3) is 0 Å². The molecule has 0 radical (unpaired) electrons. The van der Waals surface area contributed by atoms with Crippen LogP contribution in [0.15, 0.2) is 53.4 Å². The van der Waals surface area contributed by atoms with Gasteiger partial charge >= 0.3 is 5.97 Å². The average Bonchev–Trinajstić information content (AvgIpc) is 2.73. The van der Waals surface area contributed by atoms with Gasteiger partial charge in [0.2, 0.25) is 10.0 Å². The molecule has 152 valence electrons. The van der Waals surface area contributed by atoms with Crippen LogP contribution in [0.4, 0.5) is 0 Å². The molecule has 1 atom stereocenters. The second-order valence-electron chi connectivity index (χ2n) is 6.42. The molecular weight excluding hydrogens is 400 g/mol. The van der Waals surface area contributed by atoms with Crippen molar-refractivity contribution in [3.63, 3.8) is 0 Å². The lowest BCUT2D eigenvalue weighted by Crippen LogP contribution is -2.48. The molecule has 6 nitrogen and oxygen atoms in total. The summed E-state index contributed by atoms with van der Waals surface area (Å²) in [6.07, 6.45) is 0.928. The second-order valence-corrected chi connectivity index (χ2v) is 8.28. The van der Waals surface area contributed by atoms with Crippen molar-refractivity contribution in [1.82, 2.24) is 9.62 Å². The summed E-state index contributed by atoms with van der Waals surface area (Å²) in [5.74, 6) is -0.659. The number of sulfonamides is 1. The SMILES string of the molecule is CCc1ccc(C2CNCCN2S(=O)(=O)c2ccccc2C(=O)OC)cc1.Cl. The lowest BCUT2D eigenvalue weighted by molar-refractivity contribution is 0.0596. The van der Waals surface area contributed by atoms with E-state index in [9.17, 15) is 13.2 Å². The molecular formula is C20H25ClN2O4S. The Kier molecular flexibility index (Phi) is 7.60. The summed E-state index contributed by atoms with van der Waals surface area (Å²) >= 11 is 0. The Hall–Kier alpha value is -1.93. The number of nitrogens with zero attached hydrogens (tertiary/aromatic N) is 1. The topological polar surface area (TPSA) is 75.7 Å². The summed E-state index contributed by atoms with van der Waals surface area (Å²) in [4.78, 5) is 12.0. The van der Waals surface area contributed by atoms with Gasteiger partial charge in [-0.05, 0) is 29.7 Å². The molecule has 1 N–H and O–H groups in total. The van der Waals surface area contributed by atoms with Crippen LogP contribution in [0.2, 0.25) is 0 Å². The van der Waals surface area contributed by atoms with Crippen molar-refractivity contribution < 1.29 is 17.9 Å². The molecule has 0 bridgehead atoms. The van der Waals surface area contributed by atoms with E-state index in [0.717, 1.165) is 12.0 Å². The largest absolute Gasteiger partial charge is 0.465 e. The van der Waals surface area contributed by atoms with Gasteiger partial charge in [0.25, 0.3) is 0 Å². The number of carbonyl (C=O) groups excluding carboxylic acids is 1. The lowest BCUT2D eigenvalue weighted by atomic mass is 10.0. The summed E-state index contributed by atoms with van der Waals surface area (Å²) in [6.45, 7) is 3.49. The van der Waals surface area contributed by atoms with Crippen LogP contribution in [-0.2, 0) is 21.2 Å². The van der Waals surface area contributed by atoms with Gasteiger partial charge in [0.1, 0.15) is 0 Å². The minimum absolute atomic E-state index is 0. The lowest BCUT2D eigenvalue weighted by Gasteiger charge is -2.35. The van der Waals surface area contributed by atoms with E-state index in [1.165, 1.54) is 29.1 Å². The van der Waals surface area contributed by atoms with Crippen molar-refractivity contribution in [2.45, 2.75) is 24.3 Å². The first-order chi connectivity index (χ1) is 13.0. The average molecular weight is 425 g/mol. The molecule has 0 aromatic heterocycles. The molecule has 0 aliphatic carbocycles. The van der Waals surface area contributed by atoms with Crippen LogP contribution in [0.3, 0.4) is 0 Å². The minimum atomic E-state index is -3.87.